The second-order valence-corrected chi connectivity index (χ2v) is 9.86. The van der Waals surface area contributed by atoms with Gasteiger partial charge in [0.1, 0.15) is 24.0 Å². The van der Waals surface area contributed by atoms with Gasteiger partial charge in [0, 0.05) is 25.1 Å². The molecule has 1 N–H and O–H groups in total. The molecule has 2 amide bonds. The predicted molar refractivity (Wildman–Crippen MR) is 125 cm³/mol. The van der Waals surface area contributed by atoms with Crippen LogP contribution < -0.4 is 19.5 Å². The van der Waals surface area contributed by atoms with Crippen molar-refractivity contribution < 1.29 is 28.2 Å². The third-order valence-electron chi connectivity index (χ3n) is 7.38. The maximum atomic E-state index is 15.2. The van der Waals surface area contributed by atoms with Crippen LogP contribution in [0, 0.1) is 12.7 Å². The van der Waals surface area contributed by atoms with Gasteiger partial charge in [-0.1, -0.05) is 0 Å². The molecule has 1 saturated carbocycles. The van der Waals surface area contributed by atoms with Crippen LogP contribution in [0.3, 0.4) is 0 Å². The lowest BCUT2D eigenvalue weighted by Gasteiger charge is -2.23. The maximum absolute atomic E-state index is 15.2. The molecule has 6 rings (SSSR count). The molecule has 1 saturated heterocycles. The van der Waals surface area contributed by atoms with Gasteiger partial charge in [0.05, 0.1) is 24.4 Å². The zero-order valence-corrected chi connectivity index (χ0v) is 19.6. The highest BCUT2D eigenvalue weighted by Crippen LogP contribution is 2.41. The molecule has 1 aromatic carbocycles. The number of hydrogen-bond donors (Lipinski definition) is 1. The van der Waals surface area contributed by atoms with E-state index in [9.17, 15) is 9.59 Å². The van der Waals surface area contributed by atoms with Gasteiger partial charge < -0.3 is 24.4 Å². The summed E-state index contributed by atoms with van der Waals surface area (Å²) in [6.45, 7) is 2.28. The summed E-state index contributed by atoms with van der Waals surface area (Å²) in [6.07, 6.45) is 6.79. The molecule has 8 nitrogen and oxygen atoms in total. The highest BCUT2D eigenvalue weighted by atomic mass is 19.1. The average Bonchev–Trinajstić information content (AvgIpc) is 3.47. The summed E-state index contributed by atoms with van der Waals surface area (Å²) < 4.78 is 33.4. The molecule has 0 bridgehead atoms. The number of aromatic nitrogens is 1. The van der Waals surface area contributed by atoms with E-state index in [-0.39, 0.29) is 41.4 Å². The Hall–Kier alpha value is -3.36. The summed E-state index contributed by atoms with van der Waals surface area (Å²) in [6, 6.07) is 3.11. The number of benzene rings is 1. The number of ether oxygens (including phenoxy) is 3. The van der Waals surface area contributed by atoms with Crippen molar-refractivity contribution in [3.05, 3.63) is 40.8 Å². The van der Waals surface area contributed by atoms with E-state index < -0.39 is 5.82 Å². The molecule has 0 radical (unpaired) electrons. The van der Waals surface area contributed by atoms with Crippen molar-refractivity contribution in [3.63, 3.8) is 0 Å². The van der Waals surface area contributed by atoms with E-state index in [1.165, 1.54) is 0 Å². The molecular formula is C26H28FN3O5. The molecule has 1 aromatic heterocycles. The molecular weight excluding hydrogens is 453 g/mol. The van der Waals surface area contributed by atoms with Gasteiger partial charge in [-0.15, -0.1) is 0 Å². The van der Waals surface area contributed by atoms with Crippen LogP contribution in [0.25, 0.3) is 0 Å². The Morgan fingerprint density at radius 3 is 2.80 bits per heavy atom. The molecule has 2 atom stereocenters. The van der Waals surface area contributed by atoms with Gasteiger partial charge in [-0.3, -0.25) is 9.59 Å². The number of hydrogen-bond acceptors (Lipinski definition) is 6. The molecule has 4 aliphatic rings. The molecule has 35 heavy (non-hydrogen) atoms. The number of amides is 2. The Bertz CT molecular complexity index is 1200. The van der Waals surface area contributed by atoms with E-state index in [4.69, 9.17) is 14.2 Å². The molecule has 2 aromatic rings. The lowest BCUT2D eigenvalue weighted by molar-refractivity contribution is -0.116. The number of anilines is 1. The predicted octanol–water partition coefficient (Wildman–Crippen LogP) is 3.79. The fourth-order valence-electron chi connectivity index (χ4n) is 5.50. The number of carbonyl (C=O) groups is 2. The summed E-state index contributed by atoms with van der Waals surface area (Å²) in [5, 5.41) is 2.85. The third kappa shape index (κ3) is 4.06. The molecule has 1 aliphatic carbocycles. The highest BCUT2D eigenvalue weighted by molar-refractivity contribution is 6.00. The first kappa shape index (κ1) is 22.1. The minimum atomic E-state index is -0.502. The number of pyridine rings is 1. The van der Waals surface area contributed by atoms with Gasteiger partial charge in [0.15, 0.2) is 11.6 Å². The van der Waals surface area contributed by atoms with Crippen LogP contribution in [0.1, 0.15) is 60.0 Å². The van der Waals surface area contributed by atoms with Crippen molar-refractivity contribution in [3.8, 4) is 17.4 Å². The van der Waals surface area contributed by atoms with Gasteiger partial charge in [-0.2, -0.15) is 0 Å². The van der Waals surface area contributed by atoms with Crippen molar-refractivity contribution >= 4 is 17.5 Å². The first-order chi connectivity index (χ1) is 17.0. The first-order valence-corrected chi connectivity index (χ1v) is 12.3. The van der Waals surface area contributed by atoms with Crippen molar-refractivity contribution in [2.75, 3.05) is 18.5 Å². The van der Waals surface area contributed by atoms with Crippen LogP contribution >= 0.6 is 0 Å². The molecule has 0 spiro atoms. The number of halogens is 1. The second kappa shape index (κ2) is 8.70. The summed E-state index contributed by atoms with van der Waals surface area (Å²) in [5.74, 6) is -0.0444. The topological polar surface area (TPSA) is 90.0 Å². The van der Waals surface area contributed by atoms with Gasteiger partial charge in [-0.05, 0) is 56.2 Å². The molecule has 9 heteroatoms. The first-order valence-electron chi connectivity index (χ1n) is 12.3. The molecule has 3 aliphatic heterocycles. The van der Waals surface area contributed by atoms with Crippen LogP contribution in [0.5, 0.6) is 17.4 Å². The Morgan fingerprint density at radius 2 is 1.97 bits per heavy atom. The van der Waals surface area contributed by atoms with Crippen molar-refractivity contribution in [1.82, 2.24) is 9.88 Å². The van der Waals surface area contributed by atoms with Gasteiger partial charge in [0.25, 0.3) is 5.91 Å². The van der Waals surface area contributed by atoms with Crippen LogP contribution in [0.15, 0.2) is 18.3 Å². The van der Waals surface area contributed by atoms with E-state index in [1.807, 2.05) is 0 Å². The summed E-state index contributed by atoms with van der Waals surface area (Å²) in [4.78, 5) is 31.5. The minimum absolute atomic E-state index is 0.00835. The largest absolute Gasteiger partial charge is 0.490 e. The minimum Gasteiger partial charge on any atom is -0.490 e. The number of carbonyl (C=O) groups excluding carboxylic acids is 2. The molecule has 2 fully saturated rings. The molecule has 184 valence electrons. The summed E-state index contributed by atoms with van der Waals surface area (Å²) in [5.41, 5.74) is 2.26. The monoisotopic (exact) mass is 481 g/mol. The number of rotatable bonds is 4. The number of fused-ring (bicyclic) bond motifs is 3. The van der Waals surface area contributed by atoms with E-state index in [0.29, 0.717) is 55.3 Å². The Balaban J connectivity index is 1.24. The van der Waals surface area contributed by atoms with Crippen molar-refractivity contribution in [2.45, 2.75) is 70.1 Å². The lowest BCUT2D eigenvalue weighted by atomic mass is 10.1. The van der Waals surface area contributed by atoms with Crippen LogP contribution in [0.2, 0.25) is 0 Å². The zero-order chi connectivity index (χ0) is 24.1. The fraction of sp³-hybridized carbons (Fsp3) is 0.500. The number of aryl methyl sites for hydroxylation is 2. The van der Waals surface area contributed by atoms with Crippen LogP contribution in [-0.2, 0) is 11.2 Å². The van der Waals surface area contributed by atoms with E-state index in [0.717, 1.165) is 31.2 Å². The highest BCUT2D eigenvalue weighted by Gasteiger charge is 2.43. The standard InChI is InChI=1S/C26H28FN3O5/c1-14-8-20-23(25(24(14)27)35-17-4-2-3-5-17)26(32)30-12-18(9-16(30)13-33-20)34-22-10-19-15(11-28-22)6-7-21(31)29-19/h8,10-11,16-18H,2-7,9,12-13H2,1H3,(H,29,31)/t16-,18+/m1/s1. The number of nitrogens with one attached hydrogen (secondary N) is 1. The molecule has 0 unspecified atom stereocenters. The van der Waals surface area contributed by atoms with Crippen LogP contribution in [0.4, 0.5) is 10.1 Å². The SMILES string of the molecule is Cc1cc2c(c(OC3CCCC3)c1F)C(=O)N1C[C@@H](Oc3cc4c(cn3)CCC(=O)N4)C[C@@H]1CO2. The van der Waals surface area contributed by atoms with Gasteiger partial charge in [-0.25, -0.2) is 9.37 Å². The number of nitrogens with zero attached hydrogens (tertiary/aromatic N) is 2. The second-order valence-electron chi connectivity index (χ2n) is 9.86. The van der Waals surface area contributed by atoms with E-state index >= 15 is 4.39 Å². The van der Waals surface area contributed by atoms with Gasteiger partial charge in [0.2, 0.25) is 11.8 Å². The average molecular weight is 482 g/mol. The Kier molecular flexibility index (Phi) is 5.50. The Morgan fingerprint density at radius 1 is 1.14 bits per heavy atom. The normalized spacial score (nSPS) is 23.7. The van der Waals surface area contributed by atoms with Gasteiger partial charge >= 0.3 is 0 Å². The summed E-state index contributed by atoms with van der Waals surface area (Å²) in [7, 11) is 0. The maximum Gasteiger partial charge on any atom is 0.262 e. The quantitative estimate of drug-likeness (QED) is 0.715. The lowest BCUT2D eigenvalue weighted by Crippen LogP contribution is -2.37. The van der Waals surface area contributed by atoms with Crippen molar-refractivity contribution in [2.24, 2.45) is 0 Å². The molecule has 4 heterocycles. The summed E-state index contributed by atoms with van der Waals surface area (Å²) >= 11 is 0. The fourth-order valence-corrected chi connectivity index (χ4v) is 5.50. The van der Waals surface area contributed by atoms with E-state index in [1.54, 1.807) is 30.2 Å². The third-order valence-corrected chi connectivity index (χ3v) is 7.38. The van der Waals surface area contributed by atoms with Crippen molar-refractivity contribution in [1.29, 1.82) is 0 Å². The Labute approximate surface area is 202 Å². The van der Waals surface area contributed by atoms with Crippen LogP contribution in [-0.4, -0.2) is 53.1 Å². The smallest absolute Gasteiger partial charge is 0.262 e. The van der Waals surface area contributed by atoms with E-state index in [2.05, 4.69) is 10.3 Å². The zero-order valence-electron chi connectivity index (χ0n) is 19.6.